The molecule has 2 aliphatic rings. The molecule has 0 bridgehead atoms. The van der Waals surface area contributed by atoms with Crippen molar-refractivity contribution < 1.29 is 9.47 Å². The summed E-state index contributed by atoms with van der Waals surface area (Å²) in [6, 6.07) is 16.5. The number of hydrogen-bond donors (Lipinski definition) is 1. The third-order valence-electron chi connectivity index (χ3n) is 6.59. The third kappa shape index (κ3) is 3.77. The van der Waals surface area contributed by atoms with E-state index in [2.05, 4.69) is 45.2 Å². The van der Waals surface area contributed by atoms with E-state index in [1.807, 2.05) is 25.2 Å². The lowest BCUT2D eigenvalue weighted by Crippen LogP contribution is -2.47. The molecule has 0 saturated carbocycles. The molecule has 0 aliphatic carbocycles. The van der Waals surface area contributed by atoms with Crippen molar-refractivity contribution in [3.05, 3.63) is 54.1 Å². The standard InChI is InChI=1S/C25H27N7O2/c1-30-23(26)21-22(18-7-8-19-20(15-18)34-16-33-19)27-25(28-24(21)29-30)32-13-11-31(12-14-32)10-9-17-5-3-2-4-6-17/h2-8,15H,9-14,16,26H2,1H3. The van der Waals surface area contributed by atoms with Crippen LogP contribution >= 0.6 is 0 Å². The van der Waals surface area contributed by atoms with Gasteiger partial charge in [-0.2, -0.15) is 10.1 Å². The first-order chi connectivity index (χ1) is 16.7. The average molecular weight is 458 g/mol. The van der Waals surface area contributed by atoms with E-state index in [1.165, 1.54) is 5.56 Å². The molecule has 0 spiro atoms. The first-order valence-electron chi connectivity index (χ1n) is 11.6. The molecule has 1 saturated heterocycles. The molecule has 4 aromatic rings. The van der Waals surface area contributed by atoms with Crippen LogP contribution in [0.4, 0.5) is 11.8 Å². The summed E-state index contributed by atoms with van der Waals surface area (Å²) in [5, 5.41) is 5.31. The van der Waals surface area contributed by atoms with Gasteiger partial charge >= 0.3 is 0 Å². The number of aryl methyl sites for hydroxylation is 1. The SMILES string of the molecule is Cn1nc2nc(N3CCN(CCc4ccccc4)CC3)nc(-c3ccc4c(c3)OCO4)c2c1N. The molecule has 2 aliphatic heterocycles. The van der Waals surface area contributed by atoms with Crippen LogP contribution in [0.1, 0.15) is 5.56 Å². The van der Waals surface area contributed by atoms with E-state index >= 15 is 0 Å². The Hall–Kier alpha value is -3.85. The van der Waals surface area contributed by atoms with Crippen molar-refractivity contribution in [2.75, 3.05) is 50.2 Å². The number of anilines is 2. The highest BCUT2D eigenvalue weighted by atomic mass is 16.7. The molecule has 2 N–H and O–H groups in total. The Balaban J connectivity index is 1.26. The molecule has 0 atom stereocenters. The largest absolute Gasteiger partial charge is 0.454 e. The Morgan fingerprint density at radius 1 is 0.941 bits per heavy atom. The monoisotopic (exact) mass is 457 g/mol. The molecular formula is C25H27N7O2. The number of nitrogens with zero attached hydrogens (tertiary/aromatic N) is 6. The van der Waals surface area contributed by atoms with E-state index in [1.54, 1.807) is 4.68 Å². The van der Waals surface area contributed by atoms with Crippen LogP contribution in [0.3, 0.4) is 0 Å². The molecule has 34 heavy (non-hydrogen) atoms. The average Bonchev–Trinajstić information content (AvgIpc) is 3.46. The number of aromatic nitrogens is 4. The molecule has 0 unspecified atom stereocenters. The summed E-state index contributed by atoms with van der Waals surface area (Å²) in [6.07, 6.45) is 1.06. The van der Waals surface area contributed by atoms with Gasteiger partial charge < -0.3 is 20.1 Å². The number of fused-ring (bicyclic) bond motifs is 2. The summed E-state index contributed by atoms with van der Waals surface area (Å²) in [5.41, 5.74) is 10.00. The zero-order valence-electron chi connectivity index (χ0n) is 19.1. The fraction of sp³-hybridized carbons (Fsp3) is 0.320. The second kappa shape index (κ2) is 8.49. The second-order valence-corrected chi connectivity index (χ2v) is 8.71. The van der Waals surface area contributed by atoms with E-state index in [-0.39, 0.29) is 6.79 Å². The van der Waals surface area contributed by atoms with Gasteiger partial charge in [-0.05, 0) is 30.2 Å². The van der Waals surface area contributed by atoms with Crippen molar-refractivity contribution in [3.8, 4) is 22.8 Å². The topological polar surface area (TPSA) is 94.6 Å². The summed E-state index contributed by atoms with van der Waals surface area (Å²) in [7, 11) is 1.83. The fourth-order valence-corrected chi connectivity index (χ4v) is 4.60. The lowest BCUT2D eigenvalue weighted by atomic mass is 10.1. The fourth-order valence-electron chi connectivity index (χ4n) is 4.60. The number of piperazine rings is 1. The Kier molecular flexibility index (Phi) is 5.18. The number of nitrogen functional groups attached to an aromatic ring is 1. The normalized spacial score (nSPS) is 15.9. The molecule has 2 aromatic heterocycles. The van der Waals surface area contributed by atoms with Gasteiger partial charge in [0.05, 0.1) is 11.1 Å². The predicted octanol–water partition coefficient (Wildman–Crippen LogP) is 2.71. The van der Waals surface area contributed by atoms with E-state index < -0.39 is 0 Å². The van der Waals surface area contributed by atoms with Crippen LogP contribution in [0.2, 0.25) is 0 Å². The molecular weight excluding hydrogens is 430 g/mol. The lowest BCUT2D eigenvalue weighted by Gasteiger charge is -2.34. The van der Waals surface area contributed by atoms with Crippen molar-refractivity contribution in [2.45, 2.75) is 6.42 Å². The van der Waals surface area contributed by atoms with Crippen molar-refractivity contribution in [1.29, 1.82) is 0 Å². The molecule has 6 rings (SSSR count). The summed E-state index contributed by atoms with van der Waals surface area (Å²) in [5.74, 6) is 2.67. The zero-order valence-corrected chi connectivity index (χ0v) is 19.1. The highest BCUT2D eigenvalue weighted by Gasteiger charge is 2.24. The minimum atomic E-state index is 0.229. The number of hydrogen-bond acceptors (Lipinski definition) is 8. The van der Waals surface area contributed by atoms with Gasteiger partial charge in [-0.25, -0.2) is 4.98 Å². The van der Waals surface area contributed by atoms with E-state index in [4.69, 9.17) is 25.2 Å². The first-order valence-corrected chi connectivity index (χ1v) is 11.6. The summed E-state index contributed by atoms with van der Waals surface area (Å²) in [6.45, 7) is 4.95. The Morgan fingerprint density at radius 3 is 2.56 bits per heavy atom. The van der Waals surface area contributed by atoms with Crippen molar-refractivity contribution in [3.63, 3.8) is 0 Å². The number of ether oxygens (including phenoxy) is 2. The molecule has 174 valence electrons. The molecule has 0 radical (unpaired) electrons. The van der Waals surface area contributed by atoms with Crippen LogP contribution in [0.25, 0.3) is 22.3 Å². The van der Waals surface area contributed by atoms with Gasteiger partial charge in [0.15, 0.2) is 17.1 Å². The van der Waals surface area contributed by atoms with Gasteiger partial charge in [-0.15, -0.1) is 0 Å². The van der Waals surface area contributed by atoms with E-state index in [0.717, 1.165) is 61.5 Å². The molecule has 1 fully saturated rings. The van der Waals surface area contributed by atoms with Crippen LogP contribution in [0, 0.1) is 0 Å². The summed E-state index contributed by atoms with van der Waals surface area (Å²) >= 11 is 0. The van der Waals surface area contributed by atoms with Crippen molar-refractivity contribution in [1.82, 2.24) is 24.6 Å². The van der Waals surface area contributed by atoms with Gasteiger partial charge in [0.25, 0.3) is 0 Å². The molecule has 2 aromatic carbocycles. The van der Waals surface area contributed by atoms with E-state index in [0.29, 0.717) is 23.2 Å². The quantitative estimate of drug-likeness (QED) is 0.489. The maximum atomic E-state index is 6.36. The number of rotatable bonds is 5. The van der Waals surface area contributed by atoms with E-state index in [9.17, 15) is 0 Å². The Labute approximate surface area is 197 Å². The van der Waals surface area contributed by atoms with Crippen LogP contribution in [-0.4, -0.2) is 64.2 Å². The first kappa shape index (κ1) is 20.7. The van der Waals surface area contributed by atoms with Gasteiger partial charge in [0, 0.05) is 45.3 Å². The van der Waals surface area contributed by atoms with Crippen LogP contribution in [-0.2, 0) is 13.5 Å². The van der Waals surface area contributed by atoms with Gasteiger partial charge in [-0.3, -0.25) is 9.58 Å². The highest BCUT2D eigenvalue weighted by Crippen LogP contribution is 2.38. The van der Waals surface area contributed by atoms with Crippen LogP contribution < -0.4 is 20.1 Å². The number of benzene rings is 2. The molecule has 4 heterocycles. The molecule has 9 nitrogen and oxygen atoms in total. The third-order valence-corrected chi connectivity index (χ3v) is 6.59. The van der Waals surface area contributed by atoms with Crippen molar-refractivity contribution in [2.24, 2.45) is 7.05 Å². The maximum absolute atomic E-state index is 6.36. The maximum Gasteiger partial charge on any atom is 0.231 e. The van der Waals surface area contributed by atoms with Gasteiger partial charge in [-0.1, -0.05) is 30.3 Å². The smallest absolute Gasteiger partial charge is 0.231 e. The minimum absolute atomic E-state index is 0.229. The highest BCUT2D eigenvalue weighted by molar-refractivity contribution is 5.99. The summed E-state index contributed by atoms with van der Waals surface area (Å²) in [4.78, 5) is 14.5. The summed E-state index contributed by atoms with van der Waals surface area (Å²) < 4.78 is 12.7. The number of nitrogens with two attached hydrogens (primary N) is 1. The Morgan fingerprint density at radius 2 is 1.74 bits per heavy atom. The zero-order chi connectivity index (χ0) is 23.1. The predicted molar refractivity (Wildman–Crippen MR) is 131 cm³/mol. The van der Waals surface area contributed by atoms with Crippen molar-refractivity contribution >= 4 is 22.8 Å². The molecule has 9 heteroatoms. The van der Waals surface area contributed by atoms with Gasteiger partial charge in [0.2, 0.25) is 12.7 Å². The van der Waals surface area contributed by atoms with Crippen LogP contribution in [0.15, 0.2) is 48.5 Å². The second-order valence-electron chi connectivity index (χ2n) is 8.71. The Bertz CT molecular complexity index is 1330. The minimum Gasteiger partial charge on any atom is -0.454 e. The van der Waals surface area contributed by atoms with Crippen LogP contribution in [0.5, 0.6) is 11.5 Å². The molecule has 0 amide bonds. The van der Waals surface area contributed by atoms with Gasteiger partial charge in [0.1, 0.15) is 5.82 Å². The lowest BCUT2D eigenvalue weighted by molar-refractivity contribution is 0.174.